The molecule has 1 atom stereocenters. The summed E-state index contributed by atoms with van der Waals surface area (Å²) < 4.78 is 0. The Bertz CT molecular complexity index is 319. The highest BCUT2D eigenvalue weighted by molar-refractivity contribution is 5.88. The second kappa shape index (κ2) is 4.65. The summed E-state index contributed by atoms with van der Waals surface area (Å²) in [6.07, 6.45) is 5.61. The Morgan fingerprint density at radius 2 is 2.00 bits per heavy atom. The quantitative estimate of drug-likeness (QED) is 0.604. The Labute approximate surface area is 94.7 Å². The molecule has 1 saturated heterocycles. The van der Waals surface area contributed by atoms with Crippen molar-refractivity contribution in [1.82, 2.24) is 10.2 Å². The molecule has 0 saturated carbocycles. The van der Waals surface area contributed by atoms with Crippen molar-refractivity contribution in [2.45, 2.75) is 18.9 Å². The van der Waals surface area contributed by atoms with E-state index in [1.807, 2.05) is 12.2 Å². The summed E-state index contributed by atoms with van der Waals surface area (Å²) in [5.74, 6) is -0.346. The van der Waals surface area contributed by atoms with Crippen molar-refractivity contribution in [2.75, 3.05) is 19.6 Å². The Morgan fingerprint density at radius 1 is 1.31 bits per heavy atom. The molecule has 2 rings (SSSR count). The van der Waals surface area contributed by atoms with Gasteiger partial charge in [-0.1, -0.05) is 12.2 Å². The minimum Gasteiger partial charge on any atom is -0.368 e. The maximum Gasteiger partial charge on any atom is 0.241 e. The van der Waals surface area contributed by atoms with E-state index in [1.54, 1.807) is 4.90 Å². The molecule has 0 radical (unpaired) electrons. The molecule has 2 amide bonds. The molecule has 5 heteroatoms. The van der Waals surface area contributed by atoms with E-state index in [9.17, 15) is 9.59 Å². The fourth-order valence-electron chi connectivity index (χ4n) is 2.28. The number of amides is 2. The molecular formula is C11H17N3O2. The fraction of sp³-hybridized carbons (Fsp3) is 0.636. The van der Waals surface area contributed by atoms with E-state index in [1.165, 1.54) is 0 Å². The SMILES string of the molecule is NC(=O)C1CNCCN1C(=O)C1CC=CC1. The molecular weight excluding hydrogens is 206 g/mol. The van der Waals surface area contributed by atoms with Gasteiger partial charge < -0.3 is 16.0 Å². The molecule has 88 valence electrons. The predicted molar refractivity (Wildman–Crippen MR) is 59.4 cm³/mol. The number of hydrogen-bond donors (Lipinski definition) is 2. The lowest BCUT2D eigenvalue weighted by Crippen LogP contribution is -2.59. The smallest absolute Gasteiger partial charge is 0.241 e. The Hall–Kier alpha value is -1.36. The maximum atomic E-state index is 12.2. The van der Waals surface area contributed by atoms with Crippen molar-refractivity contribution in [3.05, 3.63) is 12.2 Å². The summed E-state index contributed by atoms with van der Waals surface area (Å²) in [4.78, 5) is 25.1. The number of allylic oxidation sites excluding steroid dienone is 2. The molecule has 0 aromatic carbocycles. The zero-order valence-electron chi connectivity index (χ0n) is 9.19. The number of nitrogens with zero attached hydrogens (tertiary/aromatic N) is 1. The van der Waals surface area contributed by atoms with E-state index in [-0.39, 0.29) is 11.8 Å². The first-order valence-electron chi connectivity index (χ1n) is 5.65. The number of piperazine rings is 1. The van der Waals surface area contributed by atoms with Crippen LogP contribution in [0.3, 0.4) is 0 Å². The number of hydrogen-bond acceptors (Lipinski definition) is 3. The second-order valence-electron chi connectivity index (χ2n) is 4.29. The van der Waals surface area contributed by atoms with E-state index in [4.69, 9.17) is 5.73 Å². The molecule has 3 N–H and O–H groups in total. The molecule has 1 aliphatic heterocycles. The van der Waals surface area contributed by atoms with Crippen LogP contribution in [-0.4, -0.2) is 42.4 Å². The molecule has 2 aliphatic rings. The van der Waals surface area contributed by atoms with Crippen molar-refractivity contribution in [2.24, 2.45) is 11.7 Å². The summed E-state index contributed by atoms with van der Waals surface area (Å²) in [5.41, 5.74) is 5.31. The lowest BCUT2D eigenvalue weighted by molar-refractivity contribution is -0.143. The van der Waals surface area contributed by atoms with Gasteiger partial charge in [-0.2, -0.15) is 0 Å². The molecule has 0 bridgehead atoms. The normalized spacial score (nSPS) is 26.0. The lowest BCUT2D eigenvalue weighted by atomic mass is 10.0. The largest absolute Gasteiger partial charge is 0.368 e. The third-order valence-corrected chi connectivity index (χ3v) is 3.21. The number of carbonyl (C=O) groups is 2. The number of nitrogens with one attached hydrogen (secondary N) is 1. The second-order valence-corrected chi connectivity index (χ2v) is 4.29. The van der Waals surface area contributed by atoms with Gasteiger partial charge in [0.05, 0.1) is 0 Å². The van der Waals surface area contributed by atoms with Crippen LogP contribution in [0, 0.1) is 5.92 Å². The van der Waals surface area contributed by atoms with Crippen molar-refractivity contribution < 1.29 is 9.59 Å². The minimum absolute atomic E-state index is 0.0138. The van der Waals surface area contributed by atoms with E-state index in [2.05, 4.69) is 5.32 Å². The van der Waals surface area contributed by atoms with E-state index in [0.29, 0.717) is 13.1 Å². The number of carbonyl (C=O) groups excluding carboxylic acids is 2. The van der Waals surface area contributed by atoms with E-state index >= 15 is 0 Å². The van der Waals surface area contributed by atoms with Crippen molar-refractivity contribution >= 4 is 11.8 Å². The first-order valence-corrected chi connectivity index (χ1v) is 5.65. The average Bonchev–Trinajstić information content (AvgIpc) is 2.81. The summed E-state index contributed by atoms with van der Waals surface area (Å²) in [6.45, 7) is 1.78. The number of primary amides is 1. The Kier molecular flexibility index (Phi) is 3.24. The third-order valence-electron chi connectivity index (χ3n) is 3.21. The van der Waals surface area contributed by atoms with Crippen molar-refractivity contribution in [3.8, 4) is 0 Å². The van der Waals surface area contributed by atoms with Crippen LogP contribution in [-0.2, 0) is 9.59 Å². The molecule has 0 aromatic rings. The van der Waals surface area contributed by atoms with Crippen molar-refractivity contribution in [1.29, 1.82) is 0 Å². The molecule has 16 heavy (non-hydrogen) atoms. The van der Waals surface area contributed by atoms with Crippen LogP contribution >= 0.6 is 0 Å². The van der Waals surface area contributed by atoms with Crippen LogP contribution in [0.15, 0.2) is 12.2 Å². The van der Waals surface area contributed by atoms with Gasteiger partial charge in [-0.15, -0.1) is 0 Å². The first kappa shape index (κ1) is 11.1. The molecule has 1 fully saturated rings. The Morgan fingerprint density at radius 3 is 2.62 bits per heavy atom. The third kappa shape index (κ3) is 2.09. The van der Waals surface area contributed by atoms with Gasteiger partial charge in [0.15, 0.2) is 0 Å². The van der Waals surface area contributed by atoms with Gasteiger partial charge >= 0.3 is 0 Å². The van der Waals surface area contributed by atoms with Crippen molar-refractivity contribution in [3.63, 3.8) is 0 Å². The van der Waals surface area contributed by atoms with Crippen LogP contribution < -0.4 is 11.1 Å². The number of rotatable bonds is 2. The van der Waals surface area contributed by atoms with Gasteiger partial charge in [-0.05, 0) is 12.8 Å². The predicted octanol–water partition coefficient (Wildman–Crippen LogP) is -0.762. The molecule has 1 aliphatic carbocycles. The van der Waals surface area contributed by atoms with Gasteiger partial charge in [0.1, 0.15) is 6.04 Å². The van der Waals surface area contributed by atoms with Gasteiger partial charge in [0, 0.05) is 25.6 Å². The van der Waals surface area contributed by atoms with Gasteiger partial charge in [-0.25, -0.2) is 0 Å². The molecule has 5 nitrogen and oxygen atoms in total. The minimum atomic E-state index is -0.484. The van der Waals surface area contributed by atoms with Crippen LogP contribution in [0.25, 0.3) is 0 Å². The standard InChI is InChI=1S/C11H17N3O2/c12-10(15)9-7-13-5-6-14(9)11(16)8-3-1-2-4-8/h1-2,8-9,13H,3-7H2,(H2,12,15). The maximum absolute atomic E-state index is 12.2. The number of nitrogens with two attached hydrogens (primary N) is 1. The summed E-state index contributed by atoms with van der Waals surface area (Å²) in [6, 6.07) is -0.484. The average molecular weight is 223 g/mol. The summed E-state index contributed by atoms with van der Waals surface area (Å²) >= 11 is 0. The molecule has 1 unspecified atom stereocenters. The highest BCUT2D eigenvalue weighted by atomic mass is 16.2. The summed E-state index contributed by atoms with van der Waals surface area (Å²) in [7, 11) is 0. The van der Waals surface area contributed by atoms with Crippen LogP contribution in [0.5, 0.6) is 0 Å². The van der Waals surface area contributed by atoms with Crippen LogP contribution in [0.4, 0.5) is 0 Å². The topological polar surface area (TPSA) is 75.4 Å². The zero-order valence-corrected chi connectivity index (χ0v) is 9.19. The van der Waals surface area contributed by atoms with Gasteiger partial charge in [0.25, 0.3) is 0 Å². The zero-order chi connectivity index (χ0) is 11.5. The molecule has 0 spiro atoms. The molecule has 1 heterocycles. The summed E-state index contributed by atoms with van der Waals surface area (Å²) in [5, 5.41) is 3.08. The highest BCUT2D eigenvalue weighted by Gasteiger charge is 2.34. The molecule has 0 aromatic heterocycles. The lowest BCUT2D eigenvalue weighted by Gasteiger charge is -2.35. The Balaban J connectivity index is 2.04. The highest BCUT2D eigenvalue weighted by Crippen LogP contribution is 2.21. The van der Waals surface area contributed by atoms with Crippen LogP contribution in [0.2, 0.25) is 0 Å². The van der Waals surface area contributed by atoms with E-state index in [0.717, 1.165) is 19.4 Å². The fourth-order valence-corrected chi connectivity index (χ4v) is 2.28. The first-order chi connectivity index (χ1) is 7.70. The monoisotopic (exact) mass is 223 g/mol. The van der Waals surface area contributed by atoms with Gasteiger partial charge in [0.2, 0.25) is 11.8 Å². The van der Waals surface area contributed by atoms with Crippen LogP contribution in [0.1, 0.15) is 12.8 Å². The van der Waals surface area contributed by atoms with Gasteiger partial charge in [-0.3, -0.25) is 9.59 Å². The van der Waals surface area contributed by atoms with E-state index < -0.39 is 11.9 Å².